The highest BCUT2D eigenvalue weighted by Gasteiger charge is 2.43. The fourth-order valence-electron chi connectivity index (χ4n) is 3.37. The lowest BCUT2D eigenvalue weighted by Gasteiger charge is -2.27. The summed E-state index contributed by atoms with van der Waals surface area (Å²) in [6, 6.07) is 1.59. The standard InChI is InChI=1S/C13H19N/c1-9-7-12-8-11-5-3-4-6-13(11)14(12)10(9)2/h5-6,9-10,12H,3-4,7-8H2,1-2H3/t9-,10-,12-/m1/s1. The second kappa shape index (κ2) is 2.88. The minimum Gasteiger partial charge on any atom is -0.365 e. The van der Waals surface area contributed by atoms with Gasteiger partial charge in [0, 0.05) is 17.8 Å². The van der Waals surface area contributed by atoms with Crippen molar-refractivity contribution in [3.63, 3.8) is 0 Å². The van der Waals surface area contributed by atoms with Gasteiger partial charge in [0.1, 0.15) is 0 Å². The number of fused-ring (bicyclic) bond motifs is 3. The second-order valence-electron chi connectivity index (χ2n) is 5.11. The van der Waals surface area contributed by atoms with Gasteiger partial charge in [-0.25, -0.2) is 0 Å². The summed E-state index contributed by atoms with van der Waals surface area (Å²) in [5.41, 5.74) is 3.22. The lowest BCUT2D eigenvalue weighted by atomic mass is 9.96. The van der Waals surface area contributed by atoms with E-state index in [9.17, 15) is 0 Å². The van der Waals surface area contributed by atoms with E-state index in [1.807, 2.05) is 0 Å². The molecule has 2 aliphatic heterocycles. The normalized spacial score (nSPS) is 40.4. The van der Waals surface area contributed by atoms with Crippen molar-refractivity contribution in [1.82, 2.24) is 4.90 Å². The van der Waals surface area contributed by atoms with Crippen molar-refractivity contribution in [2.75, 3.05) is 0 Å². The second-order valence-corrected chi connectivity index (χ2v) is 5.11. The molecule has 0 amide bonds. The first kappa shape index (κ1) is 8.58. The van der Waals surface area contributed by atoms with Crippen LogP contribution in [0.2, 0.25) is 0 Å². The maximum atomic E-state index is 2.69. The Bertz CT molecular complexity index is 313. The highest BCUT2D eigenvalue weighted by atomic mass is 15.2. The van der Waals surface area contributed by atoms with Gasteiger partial charge >= 0.3 is 0 Å². The molecule has 1 heteroatoms. The van der Waals surface area contributed by atoms with E-state index < -0.39 is 0 Å². The molecule has 0 saturated carbocycles. The van der Waals surface area contributed by atoms with Crippen molar-refractivity contribution in [3.05, 3.63) is 23.4 Å². The zero-order chi connectivity index (χ0) is 9.71. The molecule has 0 bridgehead atoms. The van der Waals surface area contributed by atoms with Crippen molar-refractivity contribution in [1.29, 1.82) is 0 Å². The molecular weight excluding hydrogens is 170 g/mol. The first-order valence-corrected chi connectivity index (χ1v) is 5.95. The van der Waals surface area contributed by atoms with Crippen LogP contribution in [-0.2, 0) is 0 Å². The highest BCUT2D eigenvalue weighted by Crippen LogP contribution is 2.45. The van der Waals surface area contributed by atoms with Gasteiger partial charge in [-0.3, -0.25) is 0 Å². The number of rotatable bonds is 0. The third kappa shape index (κ3) is 1.01. The van der Waals surface area contributed by atoms with Crippen LogP contribution in [0.25, 0.3) is 0 Å². The Morgan fingerprint density at radius 3 is 2.86 bits per heavy atom. The molecule has 0 spiro atoms. The molecule has 3 atom stereocenters. The van der Waals surface area contributed by atoms with Crippen molar-refractivity contribution in [3.8, 4) is 0 Å². The van der Waals surface area contributed by atoms with Crippen LogP contribution in [0, 0.1) is 5.92 Å². The summed E-state index contributed by atoms with van der Waals surface area (Å²) in [6.07, 6.45) is 10.2. The topological polar surface area (TPSA) is 3.24 Å². The summed E-state index contributed by atoms with van der Waals surface area (Å²) in [6.45, 7) is 4.79. The van der Waals surface area contributed by atoms with Crippen LogP contribution in [0.1, 0.15) is 39.5 Å². The van der Waals surface area contributed by atoms with E-state index in [0.29, 0.717) is 0 Å². The van der Waals surface area contributed by atoms with Gasteiger partial charge in [0.2, 0.25) is 0 Å². The monoisotopic (exact) mass is 189 g/mol. The SMILES string of the molecule is C[C@@H]1C[C@@H]2CC3=CCCC=C3N2[C@@H]1C. The van der Waals surface area contributed by atoms with E-state index in [2.05, 4.69) is 30.9 Å². The molecule has 76 valence electrons. The van der Waals surface area contributed by atoms with Gasteiger partial charge in [0.05, 0.1) is 0 Å². The van der Waals surface area contributed by atoms with Crippen LogP contribution in [-0.4, -0.2) is 17.0 Å². The molecule has 0 radical (unpaired) electrons. The van der Waals surface area contributed by atoms with Crippen molar-refractivity contribution in [2.24, 2.45) is 5.92 Å². The lowest BCUT2D eigenvalue weighted by Crippen LogP contribution is -2.29. The molecule has 2 saturated heterocycles. The molecule has 0 unspecified atom stereocenters. The molecule has 0 aromatic rings. The Labute approximate surface area is 86.5 Å². The lowest BCUT2D eigenvalue weighted by molar-refractivity contribution is 0.287. The van der Waals surface area contributed by atoms with E-state index in [0.717, 1.165) is 18.0 Å². The molecule has 0 aromatic carbocycles. The van der Waals surface area contributed by atoms with E-state index >= 15 is 0 Å². The van der Waals surface area contributed by atoms with Crippen molar-refractivity contribution < 1.29 is 0 Å². The molecule has 1 aliphatic carbocycles. The highest BCUT2D eigenvalue weighted by molar-refractivity contribution is 5.40. The van der Waals surface area contributed by atoms with Crippen LogP contribution >= 0.6 is 0 Å². The third-order valence-corrected chi connectivity index (χ3v) is 4.26. The average Bonchev–Trinajstić information content (AvgIpc) is 2.65. The summed E-state index contributed by atoms with van der Waals surface area (Å²) < 4.78 is 0. The van der Waals surface area contributed by atoms with E-state index in [1.165, 1.54) is 25.7 Å². The number of allylic oxidation sites excluding steroid dienone is 3. The molecule has 14 heavy (non-hydrogen) atoms. The summed E-state index contributed by atoms with van der Waals surface area (Å²) in [7, 11) is 0. The number of hydrogen-bond donors (Lipinski definition) is 0. The van der Waals surface area contributed by atoms with Gasteiger partial charge in [-0.2, -0.15) is 0 Å². The molecule has 3 rings (SSSR count). The van der Waals surface area contributed by atoms with Crippen molar-refractivity contribution in [2.45, 2.75) is 51.6 Å². The first-order chi connectivity index (χ1) is 6.77. The van der Waals surface area contributed by atoms with Gasteiger partial charge < -0.3 is 4.90 Å². The van der Waals surface area contributed by atoms with E-state index in [-0.39, 0.29) is 0 Å². The zero-order valence-electron chi connectivity index (χ0n) is 9.16. The van der Waals surface area contributed by atoms with Gasteiger partial charge in [0.25, 0.3) is 0 Å². The van der Waals surface area contributed by atoms with Crippen LogP contribution < -0.4 is 0 Å². The molecule has 0 aromatic heterocycles. The minimum atomic E-state index is 0.759. The number of nitrogens with zero attached hydrogens (tertiary/aromatic N) is 1. The largest absolute Gasteiger partial charge is 0.365 e. The maximum absolute atomic E-state index is 2.69. The van der Waals surface area contributed by atoms with Gasteiger partial charge in [0.15, 0.2) is 0 Å². The fraction of sp³-hybridized carbons (Fsp3) is 0.692. The van der Waals surface area contributed by atoms with Crippen molar-refractivity contribution >= 4 is 0 Å². The maximum Gasteiger partial charge on any atom is 0.0361 e. The molecular formula is C13H19N. The molecule has 0 N–H and O–H groups in total. The first-order valence-electron chi connectivity index (χ1n) is 5.95. The Kier molecular flexibility index (Phi) is 1.77. The number of hydrogen-bond acceptors (Lipinski definition) is 1. The average molecular weight is 189 g/mol. The van der Waals surface area contributed by atoms with Gasteiger partial charge in [-0.15, -0.1) is 0 Å². The summed E-state index contributed by atoms with van der Waals surface area (Å²) >= 11 is 0. The smallest absolute Gasteiger partial charge is 0.0361 e. The van der Waals surface area contributed by atoms with Crippen LogP contribution in [0.5, 0.6) is 0 Å². The predicted molar refractivity (Wildman–Crippen MR) is 58.9 cm³/mol. The van der Waals surface area contributed by atoms with E-state index in [4.69, 9.17) is 0 Å². The van der Waals surface area contributed by atoms with Gasteiger partial charge in [-0.1, -0.05) is 19.1 Å². The summed E-state index contributed by atoms with van der Waals surface area (Å²) in [4.78, 5) is 2.69. The Hall–Kier alpha value is -0.720. The van der Waals surface area contributed by atoms with Crippen LogP contribution in [0.3, 0.4) is 0 Å². The van der Waals surface area contributed by atoms with Crippen LogP contribution in [0.15, 0.2) is 23.4 Å². The molecule has 3 aliphatic rings. The Morgan fingerprint density at radius 2 is 2.00 bits per heavy atom. The Balaban J connectivity index is 1.96. The summed E-state index contributed by atoms with van der Waals surface area (Å²) in [5, 5.41) is 0. The minimum absolute atomic E-state index is 0.759. The van der Waals surface area contributed by atoms with Gasteiger partial charge in [-0.05, 0) is 44.1 Å². The fourth-order valence-corrected chi connectivity index (χ4v) is 3.37. The summed E-state index contributed by atoms with van der Waals surface area (Å²) in [5.74, 6) is 0.879. The third-order valence-electron chi connectivity index (χ3n) is 4.26. The quantitative estimate of drug-likeness (QED) is 0.566. The van der Waals surface area contributed by atoms with E-state index in [1.54, 1.807) is 11.3 Å². The molecule has 2 heterocycles. The predicted octanol–water partition coefficient (Wildman–Crippen LogP) is 3.09. The Morgan fingerprint density at radius 1 is 1.21 bits per heavy atom. The molecule has 1 nitrogen and oxygen atoms in total. The molecule has 2 fully saturated rings. The van der Waals surface area contributed by atoms with Crippen LogP contribution in [0.4, 0.5) is 0 Å². The zero-order valence-corrected chi connectivity index (χ0v) is 9.16.